The van der Waals surface area contributed by atoms with Gasteiger partial charge in [0.2, 0.25) is 0 Å². The highest BCUT2D eigenvalue weighted by atomic mass is 79.9. The molecule has 2 aliphatic rings. The fraction of sp³-hybridized carbons (Fsp3) is 0.222. The zero-order chi connectivity index (χ0) is 17.7. The zero-order valence-corrected chi connectivity index (χ0v) is 15.3. The molecule has 3 atom stereocenters. The van der Waals surface area contributed by atoms with E-state index in [1.54, 1.807) is 0 Å². The van der Waals surface area contributed by atoms with Crippen molar-refractivity contribution >= 4 is 38.9 Å². The molecule has 0 saturated heterocycles. The number of nitro groups is 1. The van der Waals surface area contributed by atoms with E-state index >= 15 is 0 Å². The average molecular weight is 422 g/mol. The number of fused-ring (bicyclic) bond motifs is 3. The number of aromatic hydroxyl groups is 1. The third-order valence-corrected chi connectivity index (χ3v) is 5.77. The lowest BCUT2D eigenvalue weighted by Crippen LogP contribution is -2.29. The topological polar surface area (TPSA) is 75.4 Å². The highest BCUT2D eigenvalue weighted by Gasteiger charge is 2.43. The van der Waals surface area contributed by atoms with Crippen molar-refractivity contribution in [3.05, 3.63) is 73.2 Å². The minimum absolute atomic E-state index is 0.0378. The number of nitrogens with zero attached hydrogens (tertiary/aromatic N) is 1. The van der Waals surface area contributed by atoms with Gasteiger partial charge in [0.15, 0.2) is 0 Å². The average Bonchev–Trinajstić information content (AvgIpc) is 3.04. The maximum Gasteiger partial charge on any atom is 0.293 e. The molecule has 2 N–H and O–H groups in total. The Balaban J connectivity index is 1.89. The molecule has 1 aliphatic heterocycles. The van der Waals surface area contributed by atoms with Crippen LogP contribution in [0, 0.1) is 16.0 Å². The standard InChI is InChI=1S/C18H14BrClN2O3/c19-10-6-4-9(5-7-10)16-12-3-1-2-11(12)15-17(21-16)14(23)8-13(20)18(15)22(24)25/h1-2,4-8,11-12,16,21,23H,3H2. The number of rotatable bonds is 2. The number of phenols is 1. The van der Waals surface area contributed by atoms with Gasteiger partial charge in [-0.05, 0) is 30.0 Å². The fourth-order valence-corrected chi connectivity index (χ4v) is 4.43. The Hall–Kier alpha value is -2.05. The van der Waals surface area contributed by atoms with Gasteiger partial charge in [-0.25, -0.2) is 0 Å². The molecule has 128 valence electrons. The van der Waals surface area contributed by atoms with Gasteiger partial charge in [0.25, 0.3) is 5.69 Å². The molecule has 1 heterocycles. The van der Waals surface area contributed by atoms with Crippen molar-refractivity contribution in [2.24, 2.45) is 5.92 Å². The summed E-state index contributed by atoms with van der Waals surface area (Å²) in [6.07, 6.45) is 4.83. The summed E-state index contributed by atoms with van der Waals surface area (Å²) in [6, 6.07) is 9.16. The first kappa shape index (κ1) is 16.4. The molecule has 0 amide bonds. The molecule has 5 nitrogen and oxygen atoms in total. The molecule has 0 radical (unpaired) electrons. The molecule has 0 spiro atoms. The Morgan fingerprint density at radius 2 is 2.04 bits per heavy atom. The van der Waals surface area contributed by atoms with E-state index in [9.17, 15) is 15.2 Å². The van der Waals surface area contributed by atoms with Crippen molar-refractivity contribution in [3.63, 3.8) is 0 Å². The van der Waals surface area contributed by atoms with Gasteiger partial charge in [-0.15, -0.1) is 0 Å². The van der Waals surface area contributed by atoms with Crippen LogP contribution in [-0.4, -0.2) is 10.0 Å². The number of phenolic OH excluding ortho intramolecular Hbond substituents is 1. The van der Waals surface area contributed by atoms with Gasteiger partial charge in [0.05, 0.1) is 22.2 Å². The van der Waals surface area contributed by atoms with Crippen LogP contribution in [0.2, 0.25) is 5.02 Å². The molecule has 0 aromatic heterocycles. The summed E-state index contributed by atoms with van der Waals surface area (Å²) in [6.45, 7) is 0. The lowest BCUT2D eigenvalue weighted by molar-refractivity contribution is -0.385. The minimum atomic E-state index is -0.467. The fourth-order valence-electron chi connectivity index (χ4n) is 3.90. The molecule has 25 heavy (non-hydrogen) atoms. The van der Waals surface area contributed by atoms with Crippen molar-refractivity contribution in [1.82, 2.24) is 0 Å². The van der Waals surface area contributed by atoms with Crippen molar-refractivity contribution in [3.8, 4) is 5.75 Å². The van der Waals surface area contributed by atoms with Crippen LogP contribution >= 0.6 is 27.5 Å². The van der Waals surface area contributed by atoms with Crippen LogP contribution in [0.5, 0.6) is 5.75 Å². The SMILES string of the molecule is O=[N+]([O-])c1c(Cl)cc(O)c2c1C1C=CCC1C(c1ccc(Br)cc1)N2. The molecule has 2 aromatic rings. The predicted molar refractivity (Wildman–Crippen MR) is 100 cm³/mol. The van der Waals surface area contributed by atoms with Crippen molar-refractivity contribution < 1.29 is 10.0 Å². The first-order valence-corrected chi connectivity index (χ1v) is 9.03. The quantitative estimate of drug-likeness (QED) is 0.289. The lowest BCUT2D eigenvalue weighted by atomic mass is 9.76. The molecular formula is C18H14BrClN2O3. The minimum Gasteiger partial charge on any atom is -0.506 e. The molecule has 2 aromatic carbocycles. The number of benzene rings is 2. The summed E-state index contributed by atoms with van der Waals surface area (Å²) in [5.74, 6) is -0.0911. The van der Waals surface area contributed by atoms with Gasteiger partial charge < -0.3 is 10.4 Å². The largest absolute Gasteiger partial charge is 0.506 e. The smallest absolute Gasteiger partial charge is 0.293 e. The third kappa shape index (κ3) is 2.60. The molecule has 0 fully saturated rings. The maximum atomic E-state index is 11.6. The van der Waals surface area contributed by atoms with Crippen molar-refractivity contribution in [1.29, 1.82) is 0 Å². The molecule has 0 bridgehead atoms. The van der Waals surface area contributed by atoms with Gasteiger partial charge in [-0.1, -0.05) is 51.8 Å². The number of anilines is 1. The second kappa shape index (κ2) is 6.04. The third-order valence-electron chi connectivity index (χ3n) is 4.96. The highest BCUT2D eigenvalue weighted by Crippen LogP contribution is 2.56. The molecule has 3 unspecified atom stereocenters. The predicted octanol–water partition coefficient (Wildman–Crippen LogP) is 5.54. The number of hydrogen-bond donors (Lipinski definition) is 2. The van der Waals surface area contributed by atoms with E-state index in [4.69, 9.17) is 11.6 Å². The first-order valence-electron chi connectivity index (χ1n) is 7.85. The number of hydrogen-bond acceptors (Lipinski definition) is 4. The normalized spacial score (nSPS) is 23.7. The van der Waals surface area contributed by atoms with Crippen LogP contribution in [0.3, 0.4) is 0 Å². The van der Waals surface area contributed by atoms with Crippen LogP contribution in [-0.2, 0) is 0 Å². The molecule has 7 heteroatoms. The van der Waals surface area contributed by atoms with Gasteiger partial charge in [-0.2, -0.15) is 0 Å². The van der Waals surface area contributed by atoms with E-state index in [-0.39, 0.29) is 34.3 Å². The Kier molecular flexibility index (Phi) is 3.96. The van der Waals surface area contributed by atoms with Crippen LogP contribution in [0.4, 0.5) is 11.4 Å². The Labute approximate surface area is 157 Å². The molecule has 1 aliphatic carbocycles. The number of nitrogens with one attached hydrogen (secondary N) is 1. The summed E-state index contributed by atoms with van der Waals surface area (Å²) < 4.78 is 0.985. The van der Waals surface area contributed by atoms with E-state index in [1.165, 1.54) is 6.07 Å². The van der Waals surface area contributed by atoms with E-state index in [0.29, 0.717) is 11.3 Å². The lowest BCUT2D eigenvalue weighted by Gasteiger charge is -2.37. The molecule has 4 rings (SSSR count). The van der Waals surface area contributed by atoms with Crippen LogP contribution in [0.15, 0.2) is 47.0 Å². The van der Waals surface area contributed by atoms with Gasteiger partial charge in [0.1, 0.15) is 10.8 Å². The second-order valence-corrected chi connectivity index (χ2v) is 7.62. The van der Waals surface area contributed by atoms with Gasteiger partial charge in [0, 0.05) is 16.5 Å². The Morgan fingerprint density at radius 3 is 2.72 bits per heavy atom. The number of halogens is 2. The monoisotopic (exact) mass is 420 g/mol. The van der Waals surface area contributed by atoms with E-state index in [2.05, 4.69) is 21.2 Å². The van der Waals surface area contributed by atoms with Crippen LogP contribution in [0.1, 0.15) is 29.5 Å². The molecule has 0 saturated carbocycles. The van der Waals surface area contributed by atoms with Crippen LogP contribution < -0.4 is 5.32 Å². The van der Waals surface area contributed by atoms with Crippen molar-refractivity contribution in [2.75, 3.05) is 5.32 Å². The Bertz CT molecular complexity index is 898. The Morgan fingerprint density at radius 1 is 1.32 bits per heavy atom. The summed E-state index contributed by atoms with van der Waals surface area (Å²) in [5, 5.41) is 25.2. The summed E-state index contributed by atoms with van der Waals surface area (Å²) in [4.78, 5) is 11.1. The number of nitro benzene ring substituents is 1. The summed E-state index contributed by atoms with van der Waals surface area (Å²) in [7, 11) is 0. The van der Waals surface area contributed by atoms with E-state index in [0.717, 1.165) is 16.5 Å². The van der Waals surface area contributed by atoms with E-state index < -0.39 is 4.92 Å². The zero-order valence-electron chi connectivity index (χ0n) is 12.9. The molecular weight excluding hydrogens is 408 g/mol. The maximum absolute atomic E-state index is 11.6. The van der Waals surface area contributed by atoms with E-state index in [1.807, 2.05) is 36.4 Å². The number of allylic oxidation sites excluding steroid dienone is 2. The van der Waals surface area contributed by atoms with Gasteiger partial charge in [-0.3, -0.25) is 10.1 Å². The van der Waals surface area contributed by atoms with Crippen molar-refractivity contribution in [2.45, 2.75) is 18.4 Å². The van der Waals surface area contributed by atoms with Crippen LogP contribution in [0.25, 0.3) is 0 Å². The van der Waals surface area contributed by atoms with Gasteiger partial charge >= 0.3 is 0 Å². The first-order chi connectivity index (χ1) is 12.0. The summed E-state index contributed by atoms with van der Waals surface area (Å²) in [5.41, 5.74) is 1.82. The second-order valence-electron chi connectivity index (χ2n) is 6.30. The highest BCUT2D eigenvalue weighted by molar-refractivity contribution is 9.10. The summed E-state index contributed by atoms with van der Waals surface area (Å²) >= 11 is 9.50.